The van der Waals surface area contributed by atoms with Gasteiger partial charge in [-0.3, -0.25) is 4.90 Å². The maximum atomic E-state index is 12.8. The Morgan fingerprint density at radius 2 is 1.89 bits per heavy atom. The Morgan fingerprint density at radius 3 is 2.44 bits per heavy atom. The normalized spacial score (nSPS) is 25.1. The molecule has 0 spiro atoms. The number of hydrogen-bond acceptors (Lipinski definition) is 5. The van der Waals surface area contributed by atoms with Crippen LogP contribution in [0.2, 0.25) is 0 Å². The highest BCUT2D eigenvalue weighted by molar-refractivity contribution is 5.84. The number of aryl methyl sites for hydroxylation is 1. The monoisotopic (exact) mass is 508 g/mol. The summed E-state index contributed by atoms with van der Waals surface area (Å²) in [5.74, 6) is 1.01. The molecule has 0 radical (unpaired) electrons. The van der Waals surface area contributed by atoms with E-state index in [1.807, 2.05) is 0 Å². The van der Waals surface area contributed by atoms with Crippen molar-refractivity contribution in [3.8, 4) is 0 Å². The lowest BCUT2D eigenvalue weighted by molar-refractivity contribution is -0.137. The molecule has 1 aromatic heterocycles. The molecular formula is C26H35F3N4O3. The Balaban J connectivity index is 0.000000286. The van der Waals surface area contributed by atoms with Crippen molar-refractivity contribution >= 4 is 5.97 Å². The summed E-state index contributed by atoms with van der Waals surface area (Å²) >= 11 is 0. The highest BCUT2D eigenvalue weighted by Crippen LogP contribution is 2.51. The molecule has 3 aliphatic rings. The van der Waals surface area contributed by atoms with Crippen molar-refractivity contribution in [1.82, 2.24) is 19.8 Å². The fourth-order valence-corrected chi connectivity index (χ4v) is 5.72. The average Bonchev–Trinajstić information content (AvgIpc) is 3.14. The molecule has 2 aromatic rings. The van der Waals surface area contributed by atoms with Gasteiger partial charge in [0.1, 0.15) is 0 Å². The molecule has 36 heavy (non-hydrogen) atoms. The molecule has 1 aromatic carbocycles. The zero-order valence-electron chi connectivity index (χ0n) is 20.5. The number of halogens is 3. The van der Waals surface area contributed by atoms with E-state index in [0.717, 1.165) is 57.9 Å². The number of carboxylic acid groups (broad SMARTS) is 1. The lowest BCUT2D eigenvalue weighted by Crippen LogP contribution is -2.44. The lowest BCUT2D eigenvalue weighted by Gasteiger charge is -2.36. The van der Waals surface area contributed by atoms with Gasteiger partial charge in [0.05, 0.1) is 17.5 Å². The summed E-state index contributed by atoms with van der Waals surface area (Å²) in [7, 11) is 1.72. The smallest absolute Gasteiger partial charge is 0.416 e. The molecule has 0 bridgehead atoms. The molecule has 5 rings (SSSR count). The van der Waals surface area contributed by atoms with Crippen molar-refractivity contribution in [1.29, 1.82) is 0 Å². The van der Waals surface area contributed by atoms with Crippen LogP contribution in [-0.2, 0) is 19.8 Å². The Morgan fingerprint density at radius 1 is 1.19 bits per heavy atom. The lowest BCUT2D eigenvalue weighted by atomic mass is 9.84. The van der Waals surface area contributed by atoms with Gasteiger partial charge in [0.15, 0.2) is 5.69 Å². The molecule has 2 atom stereocenters. The molecule has 2 aliphatic carbocycles. The van der Waals surface area contributed by atoms with Crippen LogP contribution >= 0.6 is 0 Å². The quantitative estimate of drug-likeness (QED) is 0.527. The van der Waals surface area contributed by atoms with Crippen LogP contribution in [0.3, 0.4) is 0 Å². The van der Waals surface area contributed by atoms with Gasteiger partial charge in [-0.1, -0.05) is 37.5 Å². The van der Waals surface area contributed by atoms with Gasteiger partial charge in [0, 0.05) is 39.4 Å². The molecule has 2 saturated carbocycles. The second-order valence-electron chi connectivity index (χ2n) is 10.5. The Bertz CT molecular complexity index is 1020. The highest BCUT2D eigenvalue weighted by atomic mass is 19.4. The number of nitrogens with one attached hydrogen (secondary N) is 1. The Hall–Kier alpha value is -2.43. The number of piperidine rings is 1. The number of imidazole rings is 1. The third kappa shape index (κ3) is 6.86. The number of nitrogens with zero attached hydrogens (tertiary/aromatic N) is 3. The van der Waals surface area contributed by atoms with E-state index in [0.29, 0.717) is 29.9 Å². The van der Waals surface area contributed by atoms with Crippen LogP contribution in [0.4, 0.5) is 13.2 Å². The minimum absolute atomic E-state index is 0.0810. The number of hydrogen-bond donors (Lipinski definition) is 3. The first-order valence-electron chi connectivity index (χ1n) is 12.6. The molecule has 1 saturated heterocycles. The number of carboxylic acids is 1. The molecule has 3 N–H and O–H groups in total. The first kappa shape index (κ1) is 26.6. The van der Waals surface area contributed by atoms with Crippen LogP contribution in [-0.4, -0.2) is 62.4 Å². The van der Waals surface area contributed by atoms with E-state index in [1.54, 1.807) is 17.7 Å². The van der Waals surface area contributed by atoms with Gasteiger partial charge in [0.25, 0.3) is 0 Å². The molecule has 1 aliphatic heterocycles. The summed E-state index contributed by atoms with van der Waals surface area (Å²) in [6.07, 6.45) is 3.99. The maximum Gasteiger partial charge on any atom is 0.416 e. The van der Waals surface area contributed by atoms with E-state index in [9.17, 15) is 23.1 Å². The number of aromatic carboxylic acids is 1. The van der Waals surface area contributed by atoms with Gasteiger partial charge in [0.2, 0.25) is 0 Å². The molecule has 0 amide bonds. The summed E-state index contributed by atoms with van der Waals surface area (Å²) in [6, 6.07) is 5.55. The van der Waals surface area contributed by atoms with Crippen molar-refractivity contribution in [2.45, 2.75) is 50.4 Å². The largest absolute Gasteiger partial charge is 0.476 e. The third-order valence-corrected chi connectivity index (χ3v) is 7.64. The van der Waals surface area contributed by atoms with Crippen LogP contribution in [0.1, 0.15) is 53.7 Å². The molecular weight excluding hydrogens is 473 g/mol. The van der Waals surface area contributed by atoms with Crippen LogP contribution < -0.4 is 5.32 Å². The fraction of sp³-hybridized carbons (Fsp3) is 0.615. The van der Waals surface area contributed by atoms with Crippen molar-refractivity contribution in [3.63, 3.8) is 0 Å². The fourth-order valence-electron chi connectivity index (χ4n) is 5.72. The van der Waals surface area contributed by atoms with E-state index in [1.165, 1.54) is 31.1 Å². The molecule has 10 heteroatoms. The van der Waals surface area contributed by atoms with Crippen LogP contribution in [0.15, 0.2) is 36.8 Å². The van der Waals surface area contributed by atoms with E-state index in [-0.39, 0.29) is 5.69 Å². The number of aliphatic hydroxyl groups is 1. The number of benzene rings is 1. The predicted octanol–water partition coefficient (Wildman–Crippen LogP) is 3.79. The van der Waals surface area contributed by atoms with E-state index in [2.05, 4.69) is 15.2 Å². The highest BCUT2D eigenvalue weighted by Gasteiger charge is 2.55. The van der Waals surface area contributed by atoms with Gasteiger partial charge in [-0.2, -0.15) is 13.2 Å². The van der Waals surface area contributed by atoms with Gasteiger partial charge in [-0.05, 0) is 48.8 Å². The van der Waals surface area contributed by atoms with Crippen molar-refractivity contribution in [3.05, 3.63) is 53.6 Å². The number of aromatic nitrogens is 2. The predicted molar refractivity (Wildman–Crippen MR) is 128 cm³/mol. The SMILES string of the molecule is Cn1cnc(C(=O)O)c1.OC1(CN2CC3C(CNCc4cccc(C(F)(F)F)c4)C3C2)CCCCC1. The van der Waals surface area contributed by atoms with E-state index >= 15 is 0 Å². The molecule has 3 fully saturated rings. The minimum atomic E-state index is -4.28. The van der Waals surface area contributed by atoms with E-state index in [4.69, 9.17) is 5.11 Å². The Kier molecular flexibility index (Phi) is 8.06. The summed E-state index contributed by atoms with van der Waals surface area (Å²) in [5.41, 5.74) is -0.303. The first-order valence-corrected chi connectivity index (χ1v) is 12.6. The molecule has 2 heterocycles. The number of fused-ring (bicyclic) bond motifs is 1. The van der Waals surface area contributed by atoms with Crippen LogP contribution in [0.5, 0.6) is 0 Å². The number of rotatable bonds is 7. The number of likely N-dealkylation sites (tertiary alicyclic amines) is 1. The first-order chi connectivity index (χ1) is 17.0. The van der Waals surface area contributed by atoms with Crippen molar-refractivity contribution in [2.24, 2.45) is 24.8 Å². The van der Waals surface area contributed by atoms with Crippen molar-refractivity contribution < 1.29 is 28.2 Å². The number of alkyl halides is 3. The Labute approximate surface area is 209 Å². The standard InChI is InChI=1S/C21H29F3N2O.C5H6N2O2/c22-21(23,24)16-6-4-5-15(9-16)10-25-11-17-18-12-26(13-19(17)18)14-20(27)7-2-1-3-8-20;1-7-2-4(5(8)9)6-3-7/h4-6,9,17-19,25,27H,1-3,7-8,10-14H2;2-3H,1H3,(H,8,9). The van der Waals surface area contributed by atoms with Gasteiger partial charge in [-0.25, -0.2) is 9.78 Å². The van der Waals surface area contributed by atoms with Crippen LogP contribution in [0, 0.1) is 17.8 Å². The zero-order chi connectivity index (χ0) is 25.9. The third-order valence-electron chi connectivity index (χ3n) is 7.64. The van der Waals surface area contributed by atoms with E-state index < -0.39 is 23.3 Å². The molecule has 198 valence electrons. The second-order valence-corrected chi connectivity index (χ2v) is 10.5. The maximum absolute atomic E-state index is 12.8. The summed E-state index contributed by atoms with van der Waals surface area (Å²) in [5, 5.41) is 22.4. The second kappa shape index (κ2) is 10.9. The summed E-state index contributed by atoms with van der Waals surface area (Å²) in [6.45, 7) is 4.27. The minimum Gasteiger partial charge on any atom is -0.476 e. The van der Waals surface area contributed by atoms with Gasteiger partial charge >= 0.3 is 12.1 Å². The van der Waals surface area contributed by atoms with Crippen LogP contribution in [0.25, 0.3) is 0 Å². The summed E-state index contributed by atoms with van der Waals surface area (Å²) in [4.78, 5) is 16.1. The zero-order valence-corrected chi connectivity index (χ0v) is 20.5. The topological polar surface area (TPSA) is 90.6 Å². The van der Waals surface area contributed by atoms with Gasteiger partial charge < -0.3 is 20.1 Å². The number of carbonyl (C=O) groups is 1. The molecule has 7 nitrogen and oxygen atoms in total. The molecule has 2 unspecified atom stereocenters. The van der Waals surface area contributed by atoms with Gasteiger partial charge in [-0.15, -0.1) is 0 Å². The average molecular weight is 509 g/mol. The van der Waals surface area contributed by atoms with Crippen molar-refractivity contribution in [2.75, 3.05) is 26.2 Å². The summed E-state index contributed by atoms with van der Waals surface area (Å²) < 4.78 is 39.9. The number of β-amino-alcohol motifs (C(OH)–C–C–N with tert-alkyl or cyclic N) is 1.